The Hall–Kier alpha value is -4.09. The molecule has 55 heavy (non-hydrogen) atoms. The molecule has 0 aromatic heterocycles. The van der Waals surface area contributed by atoms with Gasteiger partial charge in [-0.2, -0.15) is 0 Å². The third kappa shape index (κ3) is 8.83. The molecule has 1 aliphatic carbocycles. The normalized spacial score (nSPS) is 24.5. The lowest BCUT2D eigenvalue weighted by atomic mass is 9.83. The van der Waals surface area contributed by atoms with Gasteiger partial charge >= 0.3 is 0 Å². The van der Waals surface area contributed by atoms with Crippen molar-refractivity contribution >= 4 is 11.6 Å². The van der Waals surface area contributed by atoms with Crippen molar-refractivity contribution in [2.75, 3.05) is 26.4 Å². The predicted octanol–water partition coefficient (Wildman–Crippen LogP) is 8.19. The zero-order valence-corrected chi connectivity index (χ0v) is 31.5. The molecule has 5 atom stereocenters. The lowest BCUT2D eigenvalue weighted by Gasteiger charge is -2.50. The first-order valence-corrected chi connectivity index (χ1v) is 19.5. The molecule has 2 saturated heterocycles. The fourth-order valence-electron chi connectivity index (χ4n) is 7.39. The summed E-state index contributed by atoms with van der Waals surface area (Å²) >= 11 is 6.90. The monoisotopic (exact) mass is 762 g/mol. The molecule has 0 unspecified atom stereocenters. The molecule has 8 rings (SSSR count). The topological polar surface area (TPSA) is 84.8 Å². The van der Waals surface area contributed by atoms with Gasteiger partial charge in [-0.25, -0.2) is 0 Å². The first kappa shape index (κ1) is 37.8. The Kier molecular flexibility index (Phi) is 11.9. The molecule has 286 valence electrons. The summed E-state index contributed by atoms with van der Waals surface area (Å²) in [4.78, 5) is 0. The van der Waals surface area contributed by atoms with Crippen LogP contribution in [0.2, 0.25) is 5.02 Å². The van der Waals surface area contributed by atoms with Gasteiger partial charge in [0, 0.05) is 10.6 Å². The molecule has 8 nitrogen and oxygen atoms in total. The van der Waals surface area contributed by atoms with Crippen LogP contribution in [0, 0.1) is 0 Å². The van der Waals surface area contributed by atoms with Crippen molar-refractivity contribution in [3.8, 4) is 5.75 Å². The molecule has 0 spiro atoms. The SMILES string of the molecule is OC[C@@]12CO[C@](c3ccc(Cl)c(Cc4ccc(OCCOC5CC5)cc4)c3)(O1)[C@H](OCc1ccccc1)[C@@H](OCc1ccccc1)[C@@H]2OCc1ccccc1. The van der Waals surface area contributed by atoms with Gasteiger partial charge in [-0.1, -0.05) is 121 Å². The molecule has 5 aromatic carbocycles. The Bertz CT molecular complexity index is 1960. The Balaban J connectivity index is 1.11. The van der Waals surface area contributed by atoms with Crippen LogP contribution in [0.5, 0.6) is 5.75 Å². The van der Waals surface area contributed by atoms with Gasteiger partial charge in [-0.15, -0.1) is 0 Å². The third-order valence-corrected chi connectivity index (χ3v) is 10.8. The van der Waals surface area contributed by atoms with Crippen LogP contribution in [0.4, 0.5) is 0 Å². The summed E-state index contributed by atoms with van der Waals surface area (Å²) in [6.07, 6.45) is 0.997. The number of ether oxygens (including phenoxy) is 7. The molecular weight excluding hydrogens is 716 g/mol. The van der Waals surface area contributed by atoms with Crippen LogP contribution in [0.3, 0.4) is 0 Å². The van der Waals surface area contributed by atoms with Gasteiger partial charge in [0.2, 0.25) is 5.79 Å². The molecule has 0 amide bonds. The summed E-state index contributed by atoms with van der Waals surface area (Å²) in [5.74, 6) is -0.661. The standard InChI is InChI=1S/C46H47ClO8/c47-41-23-18-38(27-37(41)26-33-16-19-39(20-17-33)49-24-25-50-40-21-22-40)46-44(53-30-36-14-8-3-9-15-36)42(51-28-34-10-4-1-5-11-34)43(45(31-48,55-46)32-54-46)52-29-35-12-6-2-7-13-35/h1-20,23,27,40,42-44,48H,21-22,24-26,28-32H2/t42-,43-,44+,45-,46+/m0/s1. The molecule has 1 saturated carbocycles. The van der Waals surface area contributed by atoms with Gasteiger partial charge in [0.1, 0.15) is 36.3 Å². The van der Waals surface area contributed by atoms with E-state index < -0.39 is 29.7 Å². The number of hydrogen-bond donors (Lipinski definition) is 1. The fourth-order valence-corrected chi connectivity index (χ4v) is 7.58. The number of rotatable bonds is 18. The van der Waals surface area contributed by atoms with Gasteiger partial charge < -0.3 is 38.3 Å². The van der Waals surface area contributed by atoms with E-state index in [2.05, 4.69) is 0 Å². The second kappa shape index (κ2) is 17.4. The van der Waals surface area contributed by atoms with Crippen LogP contribution >= 0.6 is 11.6 Å². The summed E-state index contributed by atoms with van der Waals surface area (Å²) in [5, 5.41) is 11.8. The quantitative estimate of drug-likeness (QED) is 0.0896. The highest BCUT2D eigenvalue weighted by Crippen LogP contribution is 2.53. The molecule has 9 heteroatoms. The molecule has 0 radical (unpaired) electrons. The van der Waals surface area contributed by atoms with E-state index in [1.165, 1.54) is 0 Å². The molecular formula is C46H47ClO8. The van der Waals surface area contributed by atoms with Gasteiger partial charge in [0.25, 0.3) is 0 Å². The van der Waals surface area contributed by atoms with E-state index in [9.17, 15) is 5.11 Å². The van der Waals surface area contributed by atoms with E-state index in [-0.39, 0.29) is 26.4 Å². The number of benzene rings is 5. The zero-order chi connectivity index (χ0) is 37.5. The van der Waals surface area contributed by atoms with Crippen LogP contribution in [-0.4, -0.2) is 61.6 Å². The molecule has 2 bridgehead atoms. The Morgan fingerprint density at radius 3 is 1.84 bits per heavy atom. The summed E-state index contributed by atoms with van der Waals surface area (Å²) in [6.45, 7) is 1.65. The summed E-state index contributed by atoms with van der Waals surface area (Å²) < 4.78 is 45.9. The number of aliphatic hydroxyl groups excluding tert-OH is 1. The summed E-state index contributed by atoms with van der Waals surface area (Å²) in [5.41, 5.74) is 4.38. The summed E-state index contributed by atoms with van der Waals surface area (Å²) in [6, 6.07) is 43.8. The second-order valence-corrected chi connectivity index (χ2v) is 14.9. The van der Waals surface area contributed by atoms with Gasteiger partial charge in [0.15, 0.2) is 0 Å². The highest BCUT2D eigenvalue weighted by Gasteiger charge is 2.69. The largest absolute Gasteiger partial charge is 0.491 e. The maximum absolute atomic E-state index is 11.2. The minimum atomic E-state index is -1.45. The van der Waals surface area contributed by atoms with Crippen LogP contribution < -0.4 is 4.74 Å². The molecule has 2 aliphatic heterocycles. The van der Waals surface area contributed by atoms with Gasteiger partial charge in [0.05, 0.1) is 45.7 Å². The highest BCUT2D eigenvalue weighted by molar-refractivity contribution is 6.31. The smallest absolute Gasteiger partial charge is 0.225 e. The average Bonchev–Trinajstić information content (AvgIpc) is 4.00. The first-order valence-electron chi connectivity index (χ1n) is 19.1. The van der Waals surface area contributed by atoms with E-state index in [4.69, 9.17) is 44.8 Å². The Morgan fingerprint density at radius 1 is 0.636 bits per heavy atom. The van der Waals surface area contributed by atoms with Crippen LogP contribution in [-0.2, 0) is 60.4 Å². The molecule has 2 heterocycles. The minimum absolute atomic E-state index is 0.0600. The second-order valence-electron chi connectivity index (χ2n) is 14.5. The number of halogens is 1. The van der Waals surface area contributed by atoms with Gasteiger partial charge in [-0.3, -0.25) is 0 Å². The zero-order valence-electron chi connectivity index (χ0n) is 30.8. The van der Waals surface area contributed by atoms with Crippen molar-refractivity contribution in [1.82, 2.24) is 0 Å². The van der Waals surface area contributed by atoms with Crippen LogP contribution in [0.1, 0.15) is 46.2 Å². The van der Waals surface area contributed by atoms with E-state index in [1.54, 1.807) is 0 Å². The predicted molar refractivity (Wildman–Crippen MR) is 209 cm³/mol. The molecule has 5 aromatic rings. The number of hydrogen-bond acceptors (Lipinski definition) is 8. The number of aliphatic hydroxyl groups is 1. The minimum Gasteiger partial charge on any atom is -0.491 e. The maximum Gasteiger partial charge on any atom is 0.225 e. The Morgan fingerprint density at radius 2 is 1.24 bits per heavy atom. The van der Waals surface area contributed by atoms with Crippen molar-refractivity contribution in [3.63, 3.8) is 0 Å². The molecule has 3 fully saturated rings. The van der Waals surface area contributed by atoms with Crippen LogP contribution in [0.15, 0.2) is 133 Å². The highest BCUT2D eigenvalue weighted by atomic mass is 35.5. The van der Waals surface area contributed by atoms with Crippen molar-refractivity contribution < 1.29 is 38.3 Å². The lowest BCUT2D eigenvalue weighted by Crippen LogP contribution is -2.67. The summed E-state index contributed by atoms with van der Waals surface area (Å²) in [7, 11) is 0. The molecule has 3 aliphatic rings. The first-order chi connectivity index (χ1) is 27.0. The molecule has 1 N–H and O–H groups in total. The van der Waals surface area contributed by atoms with Crippen molar-refractivity contribution in [2.24, 2.45) is 0 Å². The maximum atomic E-state index is 11.2. The average molecular weight is 763 g/mol. The Labute approximate surface area is 327 Å². The van der Waals surface area contributed by atoms with Crippen molar-refractivity contribution in [1.29, 1.82) is 0 Å². The van der Waals surface area contributed by atoms with E-state index in [0.29, 0.717) is 42.9 Å². The van der Waals surface area contributed by atoms with E-state index in [1.807, 2.05) is 133 Å². The fraction of sp³-hybridized carbons (Fsp3) is 0.348. The van der Waals surface area contributed by atoms with Crippen molar-refractivity contribution in [3.05, 3.63) is 172 Å². The van der Waals surface area contributed by atoms with Crippen molar-refractivity contribution in [2.45, 2.75) is 74.9 Å². The van der Waals surface area contributed by atoms with E-state index >= 15 is 0 Å². The number of fused-ring (bicyclic) bond motifs is 2. The van der Waals surface area contributed by atoms with Crippen LogP contribution in [0.25, 0.3) is 0 Å². The third-order valence-electron chi connectivity index (χ3n) is 10.5. The van der Waals surface area contributed by atoms with E-state index in [0.717, 1.165) is 46.4 Å². The lowest BCUT2D eigenvalue weighted by molar-refractivity contribution is -0.353. The van der Waals surface area contributed by atoms with Gasteiger partial charge in [-0.05, 0) is 71.3 Å².